The zero-order chi connectivity index (χ0) is 17.2. The summed E-state index contributed by atoms with van der Waals surface area (Å²) in [5.41, 5.74) is 2.38. The van der Waals surface area contributed by atoms with Crippen LogP contribution in [-0.4, -0.2) is 33.4 Å². The average molecular weight is 337 g/mol. The number of carbonyl (C=O) groups is 1. The van der Waals surface area contributed by atoms with Crippen molar-refractivity contribution < 1.29 is 4.79 Å². The second kappa shape index (κ2) is 7.03. The summed E-state index contributed by atoms with van der Waals surface area (Å²) in [7, 11) is 0. The molecule has 1 aromatic carbocycles. The molecule has 2 fully saturated rings. The van der Waals surface area contributed by atoms with E-state index in [1.54, 1.807) is 0 Å². The van der Waals surface area contributed by atoms with Gasteiger partial charge in [-0.2, -0.15) is 0 Å². The minimum absolute atomic E-state index is 0.256. The van der Waals surface area contributed by atoms with Crippen LogP contribution in [0.2, 0.25) is 0 Å². The number of carbonyl (C=O) groups excluding carboxylic acids is 1. The normalized spacial score (nSPS) is 20.2. The molecule has 1 unspecified atom stereocenters. The minimum atomic E-state index is 0.256. The predicted molar refractivity (Wildman–Crippen MR) is 98.2 cm³/mol. The molecule has 0 N–H and O–H groups in total. The molecule has 1 amide bonds. The van der Waals surface area contributed by atoms with Crippen molar-refractivity contribution in [3.8, 4) is 0 Å². The third kappa shape index (κ3) is 3.94. The van der Waals surface area contributed by atoms with Crippen LogP contribution in [0.4, 0.5) is 0 Å². The largest absolute Gasteiger partial charge is 0.342 e. The first-order valence-electron chi connectivity index (χ1n) is 9.51. The number of hydrogen-bond donors (Lipinski definition) is 0. The molecule has 0 radical (unpaired) electrons. The summed E-state index contributed by atoms with van der Waals surface area (Å²) in [6, 6.07) is 10.0. The number of rotatable bonds is 6. The maximum absolute atomic E-state index is 12.5. The molecule has 132 valence electrons. The SMILES string of the molecule is Cc1cnc(CC2CCN(C(=O)Cc3ccccc3)C2)n1CC1CC1. The fraction of sp³-hybridized carbons (Fsp3) is 0.524. The molecular weight excluding hydrogens is 310 g/mol. The third-order valence-electron chi connectivity index (χ3n) is 5.58. The van der Waals surface area contributed by atoms with E-state index < -0.39 is 0 Å². The van der Waals surface area contributed by atoms with Crippen LogP contribution in [0.3, 0.4) is 0 Å². The Kier molecular flexibility index (Phi) is 4.60. The molecule has 1 aliphatic heterocycles. The number of amides is 1. The van der Waals surface area contributed by atoms with Gasteiger partial charge in [0.05, 0.1) is 6.42 Å². The molecule has 2 aliphatic rings. The van der Waals surface area contributed by atoms with E-state index in [0.29, 0.717) is 12.3 Å². The van der Waals surface area contributed by atoms with Crippen LogP contribution in [0.1, 0.15) is 36.3 Å². The first kappa shape index (κ1) is 16.4. The van der Waals surface area contributed by atoms with Crippen molar-refractivity contribution in [1.82, 2.24) is 14.5 Å². The molecule has 0 spiro atoms. The standard InChI is InChI=1S/C21H27N3O/c1-16-13-22-20(24(16)15-18-7-8-18)11-19-9-10-23(14-19)21(25)12-17-5-3-2-4-6-17/h2-6,13,18-19H,7-12,14-15H2,1H3. The van der Waals surface area contributed by atoms with E-state index in [1.807, 2.05) is 41.4 Å². The molecule has 1 atom stereocenters. The Morgan fingerprint density at radius 1 is 1.16 bits per heavy atom. The van der Waals surface area contributed by atoms with E-state index in [4.69, 9.17) is 0 Å². The Balaban J connectivity index is 1.34. The maximum atomic E-state index is 12.5. The fourth-order valence-corrected chi connectivity index (χ4v) is 3.85. The van der Waals surface area contributed by atoms with Crippen LogP contribution >= 0.6 is 0 Å². The van der Waals surface area contributed by atoms with Gasteiger partial charge in [-0.15, -0.1) is 0 Å². The van der Waals surface area contributed by atoms with Gasteiger partial charge >= 0.3 is 0 Å². The number of likely N-dealkylation sites (tertiary alicyclic amines) is 1. The highest BCUT2D eigenvalue weighted by molar-refractivity contribution is 5.79. The average Bonchev–Trinajstić information content (AvgIpc) is 3.21. The van der Waals surface area contributed by atoms with Gasteiger partial charge in [0, 0.05) is 37.9 Å². The molecule has 2 heterocycles. The zero-order valence-corrected chi connectivity index (χ0v) is 15.0. The van der Waals surface area contributed by atoms with Gasteiger partial charge in [-0.05, 0) is 43.6 Å². The first-order valence-corrected chi connectivity index (χ1v) is 9.51. The van der Waals surface area contributed by atoms with Crippen molar-refractivity contribution in [3.63, 3.8) is 0 Å². The first-order chi connectivity index (χ1) is 12.2. The van der Waals surface area contributed by atoms with Crippen molar-refractivity contribution in [2.45, 2.75) is 45.6 Å². The van der Waals surface area contributed by atoms with E-state index in [0.717, 1.165) is 44.0 Å². The van der Waals surface area contributed by atoms with Crippen molar-refractivity contribution in [1.29, 1.82) is 0 Å². The fourth-order valence-electron chi connectivity index (χ4n) is 3.85. The van der Waals surface area contributed by atoms with Gasteiger partial charge in [-0.3, -0.25) is 4.79 Å². The summed E-state index contributed by atoms with van der Waals surface area (Å²) in [4.78, 5) is 19.2. The number of aryl methyl sites for hydroxylation is 1. The Morgan fingerprint density at radius 3 is 2.72 bits per heavy atom. The van der Waals surface area contributed by atoms with Gasteiger partial charge in [-0.25, -0.2) is 4.98 Å². The minimum Gasteiger partial charge on any atom is -0.342 e. The monoisotopic (exact) mass is 337 g/mol. The van der Waals surface area contributed by atoms with Gasteiger partial charge in [0.15, 0.2) is 0 Å². The van der Waals surface area contributed by atoms with Gasteiger partial charge in [0.25, 0.3) is 0 Å². The Morgan fingerprint density at radius 2 is 1.96 bits per heavy atom. The van der Waals surface area contributed by atoms with E-state index in [9.17, 15) is 4.79 Å². The Bertz CT molecular complexity index is 733. The summed E-state index contributed by atoms with van der Waals surface area (Å²) >= 11 is 0. The number of hydrogen-bond acceptors (Lipinski definition) is 2. The number of benzene rings is 1. The van der Waals surface area contributed by atoms with Crippen molar-refractivity contribution in [2.24, 2.45) is 11.8 Å². The van der Waals surface area contributed by atoms with Crippen molar-refractivity contribution in [2.75, 3.05) is 13.1 Å². The highest BCUT2D eigenvalue weighted by atomic mass is 16.2. The predicted octanol–water partition coefficient (Wildman–Crippen LogP) is 3.24. The van der Waals surface area contributed by atoms with Gasteiger partial charge in [0.1, 0.15) is 5.82 Å². The van der Waals surface area contributed by atoms with Crippen LogP contribution in [0.25, 0.3) is 0 Å². The number of aromatic nitrogens is 2. The Hall–Kier alpha value is -2.10. The molecule has 25 heavy (non-hydrogen) atoms. The summed E-state index contributed by atoms with van der Waals surface area (Å²) < 4.78 is 2.41. The lowest BCUT2D eigenvalue weighted by atomic mass is 10.0. The van der Waals surface area contributed by atoms with Crippen LogP contribution in [-0.2, 0) is 24.2 Å². The maximum Gasteiger partial charge on any atom is 0.226 e. The topological polar surface area (TPSA) is 38.1 Å². The summed E-state index contributed by atoms with van der Waals surface area (Å²) in [6.07, 6.45) is 7.34. The zero-order valence-electron chi connectivity index (χ0n) is 15.0. The van der Waals surface area contributed by atoms with E-state index in [2.05, 4.69) is 16.5 Å². The quantitative estimate of drug-likeness (QED) is 0.812. The lowest BCUT2D eigenvalue weighted by Crippen LogP contribution is -2.30. The second-order valence-electron chi connectivity index (χ2n) is 7.73. The Labute approximate surface area is 149 Å². The van der Waals surface area contributed by atoms with Gasteiger partial charge < -0.3 is 9.47 Å². The molecule has 1 aliphatic carbocycles. The molecule has 4 rings (SSSR count). The lowest BCUT2D eigenvalue weighted by molar-refractivity contribution is -0.129. The molecule has 2 aromatic rings. The molecular formula is C21H27N3O. The molecule has 1 aromatic heterocycles. The van der Waals surface area contributed by atoms with Gasteiger partial charge in [-0.1, -0.05) is 30.3 Å². The smallest absolute Gasteiger partial charge is 0.226 e. The van der Waals surface area contributed by atoms with E-state index >= 15 is 0 Å². The van der Waals surface area contributed by atoms with Crippen LogP contribution in [0.5, 0.6) is 0 Å². The summed E-state index contributed by atoms with van der Waals surface area (Å²) in [6.45, 7) is 5.05. The lowest BCUT2D eigenvalue weighted by Gasteiger charge is -2.17. The number of imidazole rings is 1. The van der Waals surface area contributed by atoms with E-state index in [-0.39, 0.29) is 5.91 Å². The number of nitrogens with zero attached hydrogens (tertiary/aromatic N) is 3. The summed E-state index contributed by atoms with van der Waals surface area (Å²) in [5.74, 6) is 2.87. The van der Waals surface area contributed by atoms with E-state index in [1.165, 1.54) is 24.4 Å². The molecule has 0 bridgehead atoms. The van der Waals surface area contributed by atoms with Crippen LogP contribution < -0.4 is 0 Å². The van der Waals surface area contributed by atoms with Crippen molar-refractivity contribution >= 4 is 5.91 Å². The molecule has 1 saturated heterocycles. The third-order valence-corrected chi connectivity index (χ3v) is 5.58. The second-order valence-corrected chi connectivity index (χ2v) is 7.73. The van der Waals surface area contributed by atoms with Crippen LogP contribution in [0, 0.1) is 18.8 Å². The molecule has 4 heteroatoms. The molecule has 4 nitrogen and oxygen atoms in total. The van der Waals surface area contributed by atoms with Gasteiger partial charge in [0.2, 0.25) is 5.91 Å². The van der Waals surface area contributed by atoms with Crippen LogP contribution in [0.15, 0.2) is 36.5 Å². The van der Waals surface area contributed by atoms with Crippen molar-refractivity contribution in [3.05, 3.63) is 53.6 Å². The summed E-state index contributed by atoms with van der Waals surface area (Å²) in [5, 5.41) is 0. The highest BCUT2D eigenvalue weighted by Crippen LogP contribution is 2.32. The molecule has 1 saturated carbocycles. The highest BCUT2D eigenvalue weighted by Gasteiger charge is 2.29.